The van der Waals surface area contributed by atoms with Crippen molar-refractivity contribution >= 4 is 11.6 Å². The molecule has 0 saturated carbocycles. The normalized spacial score (nSPS) is 41.8. The van der Waals surface area contributed by atoms with Crippen LogP contribution < -0.4 is 5.32 Å². The molecule has 3 atom stereocenters. The second kappa shape index (κ2) is 2.64. The van der Waals surface area contributed by atoms with Crippen molar-refractivity contribution in [2.24, 2.45) is 5.92 Å². The van der Waals surface area contributed by atoms with Gasteiger partial charge in [0.15, 0.2) is 11.5 Å². The first-order valence-corrected chi connectivity index (χ1v) is 3.91. The van der Waals surface area contributed by atoms with Gasteiger partial charge < -0.3 is 5.11 Å². The first-order valence-electron chi connectivity index (χ1n) is 3.91. The van der Waals surface area contributed by atoms with Gasteiger partial charge in [-0.2, -0.15) is 0 Å². The molecule has 2 N–H and O–H groups in total. The molecule has 0 radical (unpaired) electrons. The van der Waals surface area contributed by atoms with Crippen molar-refractivity contribution in [1.29, 1.82) is 0 Å². The van der Waals surface area contributed by atoms with Gasteiger partial charge in [0.05, 0.1) is 5.92 Å². The number of ketones is 2. The minimum atomic E-state index is -1.53. The molecule has 1 fully saturated rings. The summed E-state index contributed by atoms with van der Waals surface area (Å²) in [5.74, 6) is -1.32. The number of hydrogen-bond acceptors (Lipinski definition) is 4. The Hall–Kier alpha value is -0.740. The molecule has 1 saturated heterocycles. The highest BCUT2D eigenvalue weighted by Gasteiger charge is 2.48. The van der Waals surface area contributed by atoms with Crippen LogP contribution in [0.5, 0.6) is 0 Å². The van der Waals surface area contributed by atoms with Gasteiger partial charge in [-0.05, 0) is 20.8 Å². The van der Waals surface area contributed by atoms with Gasteiger partial charge in [-0.3, -0.25) is 14.9 Å². The second-order valence-corrected chi connectivity index (χ2v) is 3.46. The average molecular weight is 171 g/mol. The van der Waals surface area contributed by atoms with E-state index in [1.807, 2.05) is 0 Å². The van der Waals surface area contributed by atoms with Crippen LogP contribution in [0.25, 0.3) is 0 Å². The van der Waals surface area contributed by atoms with Crippen LogP contribution in [0.1, 0.15) is 20.8 Å². The number of hydrogen-bond donors (Lipinski definition) is 2. The predicted octanol–water partition coefficient (Wildman–Crippen LogP) is -0.539. The summed E-state index contributed by atoms with van der Waals surface area (Å²) >= 11 is 0. The zero-order chi connectivity index (χ0) is 9.52. The lowest BCUT2D eigenvalue weighted by atomic mass is 9.94. The molecule has 0 aromatic rings. The van der Waals surface area contributed by atoms with Gasteiger partial charge >= 0.3 is 0 Å². The van der Waals surface area contributed by atoms with Gasteiger partial charge in [-0.15, -0.1) is 0 Å². The zero-order valence-corrected chi connectivity index (χ0v) is 7.42. The number of Topliss-reactive ketones (excluding diaryl/α,β-unsaturated/α-hetero) is 2. The largest absolute Gasteiger partial charge is 0.369 e. The Morgan fingerprint density at radius 3 is 2.33 bits per heavy atom. The molecule has 0 aliphatic carbocycles. The van der Waals surface area contributed by atoms with E-state index in [4.69, 9.17) is 0 Å². The summed E-state index contributed by atoms with van der Waals surface area (Å²) in [6.07, 6.45) is 0. The Labute approximate surface area is 71.0 Å². The van der Waals surface area contributed by atoms with Gasteiger partial charge in [0.2, 0.25) is 0 Å². The Morgan fingerprint density at radius 2 is 2.17 bits per heavy atom. The van der Waals surface area contributed by atoms with Crippen molar-refractivity contribution in [2.75, 3.05) is 0 Å². The lowest BCUT2D eigenvalue weighted by molar-refractivity contribution is -0.139. The maximum absolute atomic E-state index is 11.3. The van der Waals surface area contributed by atoms with Crippen LogP contribution in [0.3, 0.4) is 0 Å². The molecule has 0 aromatic heterocycles. The predicted molar refractivity (Wildman–Crippen MR) is 42.4 cm³/mol. The average Bonchev–Trinajstić information content (AvgIpc) is 2.02. The molecule has 0 spiro atoms. The monoisotopic (exact) mass is 171 g/mol. The standard InChI is InChI=1S/C8H13NO3/c1-4-6(5(2)10)7(11)8(3,12)9-4/h4,6,9,12H,1-3H3. The van der Waals surface area contributed by atoms with Gasteiger partial charge in [-0.25, -0.2) is 0 Å². The molecule has 0 amide bonds. The minimum Gasteiger partial charge on any atom is -0.369 e. The third-order valence-electron chi connectivity index (χ3n) is 2.21. The van der Waals surface area contributed by atoms with Crippen molar-refractivity contribution in [3.63, 3.8) is 0 Å². The van der Waals surface area contributed by atoms with Crippen LogP contribution in [-0.4, -0.2) is 28.4 Å². The second-order valence-electron chi connectivity index (χ2n) is 3.46. The Morgan fingerprint density at radius 1 is 1.67 bits per heavy atom. The number of aliphatic hydroxyl groups is 1. The van der Waals surface area contributed by atoms with E-state index < -0.39 is 17.4 Å². The molecule has 4 nitrogen and oxygen atoms in total. The Bertz CT molecular complexity index is 234. The first-order chi connectivity index (χ1) is 5.36. The molecular weight excluding hydrogens is 158 g/mol. The molecule has 1 aliphatic rings. The molecule has 12 heavy (non-hydrogen) atoms. The Kier molecular flexibility index (Phi) is 2.06. The first kappa shape index (κ1) is 9.35. The molecule has 4 heteroatoms. The van der Waals surface area contributed by atoms with Gasteiger partial charge in [0, 0.05) is 6.04 Å². The van der Waals surface area contributed by atoms with E-state index in [1.165, 1.54) is 13.8 Å². The summed E-state index contributed by atoms with van der Waals surface area (Å²) in [5, 5.41) is 12.1. The van der Waals surface area contributed by atoms with E-state index in [1.54, 1.807) is 6.92 Å². The molecule has 1 heterocycles. The fourth-order valence-electron chi connectivity index (χ4n) is 1.66. The summed E-state index contributed by atoms with van der Waals surface area (Å²) in [4.78, 5) is 22.3. The van der Waals surface area contributed by atoms with Crippen LogP contribution in [0, 0.1) is 5.92 Å². The molecule has 0 aromatic carbocycles. The van der Waals surface area contributed by atoms with E-state index in [0.717, 1.165) is 0 Å². The maximum atomic E-state index is 11.3. The number of rotatable bonds is 1. The Balaban J connectivity index is 2.93. The summed E-state index contributed by atoms with van der Waals surface area (Å²) in [7, 11) is 0. The van der Waals surface area contributed by atoms with Crippen LogP contribution in [0.15, 0.2) is 0 Å². The molecular formula is C8H13NO3. The third-order valence-corrected chi connectivity index (χ3v) is 2.21. The molecule has 0 bridgehead atoms. The third kappa shape index (κ3) is 1.28. The highest BCUT2D eigenvalue weighted by molar-refractivity contribution is 6.07. The fourth-order valence-corrected chi connectivity index (χ4v) is 1.66. The zero-order valence-electron chi connectivity index (χ0n) is 7.42. The SMILES string of the molecule is CC(=O)C1C(=O)C(C)(O)NC1C. The van der Waals surface area contributed by atoms with Crippen LogP contribution >= 0.6 is 0 Å². The summed E-state index contributed by atoms with van der Waals surface area (Å²) < 4.78 is 0. The van der Waals surface area contributed by atoms with Crippen molar-refractivity contribution in [3.05, 3.63) is 0 Å². The van der Waals surface area contributed by atoms with Crippen molar-refractivity contribution < 1.29 is 14.7 Å². The van der Waals surface area contributed by atoms with E-state index in [0.29, 0.717) is 0 Å². The topological polar surface area (TPSA) is 66.4 Å². The number of carbonyl (C=O) groups is 2. The molecule has 68 valence electrons. The van der Waals surface area contributed by atoms with E-state index in [2.05, 4.69) is 5.32 Å². The van der Waals surface area contributed by atoms with Gasteiger partial charge in [0.1, 0.15) is 5.78 Å². The lowest BCUT2D eigenvalue weighted by Crippen LogP contribution is -2.43. The van der Waals surface area contributed by atoms with E-state index >= 15 is 0 Å². The van der Waals surface area contributed by atoms with E-state index in [-0.39, 0.29) is 11.8 Å². The van der Waals surface area contributed by atoms with E-state index in [9.17, 15) is 14.7 Å². The van der Waals surface area contributed by atoms with Crippen molar-refractivity contribution in [1.82, 2.24) is 5.32 Å². The lowest BCUT2D eigenvalue weighted by Gasteiger charge is -2.14. The van der Waals surface area contributed by atoms with Crippen LogP contribution in [0.4, 0.5) is 0 Å². The number of nitrogens with one attached hydrogen (secondary N) is 1. The maximum Gasteiger partial charge on any atom is 0.190 e. The highest BCUT2D eigenvalue weighted by Crippen LogP contribution is 2.23. The summed E-state index contributed by atoms with van der Waals surface area (Å²) in [6, 6.07) is -0.273. The quantitative estimate of drug-likeness (QED) is 0.520. The highest BCUT2D eigenvalue weighted by atomic mass is 16.3. The molecule has 3 unspecified atom stereocenters. The van der Waals surface area contributed by atoms with Gasteiger partial charge in [-0.1, -0.05) is 0 Å². The molecule has 1 aliphatic heterocycles. The van der Waals surface area contributed by atoms with Crippen molar-refractivity contribution in [2.45, 2.75) is 32.5 Å². The fraction of sp³-hybridized carbons (Fsp3) is 0.750. The van der Waals surface area contributed by atoms with Crippen LogP contribution in [-0.2, 0) is 9.59 Å². The number of carbonyl (C=O) groups excluding carboxylic acids is 2. The smallest absolute Gasteiger partial charge is 0.190 e. The molecule has 1 rings (SSSR count). The minimum absolute atomic E-state index is 0.197. The van der Waals surface area contributed by atoms with Gasteiger partial charge in [0.25, 0.3) is 0 Å². The van der Waals surface area contributed by atoms with Crippen molar-refractivity contribution in [3.8, 4) is 0 Å². The summed E-state index contributed by atoms with van der Waals surface area (Å²) in [6.45, 7) is 4.45. The van der Waals surface area contributed by atoms with Crippen LogP contribution in [0.2, 0.25) is 0 Å². The summed E-state index contributed by atoms with van der Waals surface area (Å²) in [5.41, 5.74) is -1.53.